The Bertz CT molecular complexity index is 537. The van der Waals surface area contributed by atoms with Crippen molar-refractivity contribution in [2.24, 2.45) is 0 Å². The highest BCUT2D eigenvalue weighted by molar-refractivity contribution is 5.59. The van der Waals surface area contributed by atoms with Crippen molar-refractivity contribution < 1.29 is 4.39 Å². The summed E-state index contributed by atoms with van der Waals surface area (Å²) >= 11 is 0. The molecule has 0 aliphatic heterocycles. The number of tetrazole rings is 1. The maximum atomic E-state index is 13.9. The number of hydrogen-bond acceptors (Lipinski definition) is 4. The van der Waals surface area contributed by atoms with Crippen LogP contribution in [0.4, 0.5) is 10.1 Å². The molecule has 0 fully saturated rings. The van der Waals surface area contributed by atoms with Crippen LogP contribution >= 0.6 is 0 Å². The first-order chi connectivity index (χ1) is 8.63. The van der Waals surface area contributed by atoms with Crippen LogP contribution in [0.3, 0.4) is 0 Å². The second-order valence-corrected chi connectivity index (χ2v) is 4.32. The largest absolute Gasteiger partial charge is 0.399 e. The topological polar surface area (TPSA) is 69.6 Å². The SMILES string of the molecule is CCCC(C)n1nnnc1-c1ccc(N)cc1F. The molecule has 2 aromatic rings. The number of rotatable bonds is 4. The highest BCUT2D eigenvalue weighted by Gasteiger charge is 2.17. The number of nitrogens with zero attached hydrogens (tertiary/aromatic N) is 4. The van der Waals surface area contributed by atoms with Crippen molar-refractivity contribution in [3.8, 4) is 11.4 Å². The predicted octanol–water partition coefficient (Wildman–Crippen LogP) is 2.42. The van der Waals surface area contributed by atoms with E-state index in [9.17, 15) is 4.39 Å². The Hall–Kier alpha value is -1.98. The summed E-state index contributed by atoms with van der Waals surface area (Å²) in [6, 6.07) is 4.66. The lowest BCUT2D eigenvalue weighted by Crippen LogP contribution is -2.09. The van der Waals surface area contributed by atoms with Crippen molar-refractivity contribution in [2.45, 2.75) is 32.7 Å². The molecular formula is C12H16FN5. The first-order valence-corrected chi connectivity index (χ1v) is 5.96. The third-order valence-electron chi connectivity index (χ3n) is 2.85. The minimum Gasteiger partial charge on any atom is -0.399 e. The molecule has 0 aliphatic carbocycles. The van der Waals surface area contributed by atoms with E-state index in [1.165, 1.54) is 6.07 Å². The fourth-order valence-electron chi connectivity index (χ4n) is 1.92. The fraction of sp³-hybridized carbons (Fsp3) is 0.417. The van der Waals surface area contributed by atoms with Gasteiger partial charge in [-0.1, -0.05) is 13.3 Å². The van der Waals surface area contributed by atoms with Crippen LogP contribution in [0, 0.1) is 5.82 Å². The van der Waals surface area contributed by atoms with Gasteiger partial charge >= 0.3 is 0 Å². The first-order valence-electron chi connectivity index (χ1n) is 5.96. The van der Waals surface area contributed by atoms with Gasteiger partial charge in [0.1, 0.15) is 5.82 Å². The van der Waals surface area contributed by atoms with E-state index >= 15 is 0 Å². The van der Waals surface area contributed by atoms with Gasteiger partial charge in [0.15, 0.2) is 5.82 Å². The average Bonchev–Trinajstić information content (AvgIpc) is 2.78. The highest BCUT2D eigenvalue weighted by Crippen LogP contribution is 2.25. The van der Waals surface area contributed by atoms with Gasteiger partial charge in [-0.3, -0.25) is 0 Å². The standard InChI is InChI=1S/C12H16FN5/c1-3-4-8(2)18-12(15-16-17-18)10-6-5-9(14)7-11(10)13/h5-8H,3-4,14H2,1-2H3. The molecule has 0 radical (unpaired) electrons. The summed E-state index contributed by atoms with van der Waals surface area (Å²) in [6.45, 7) is 4.10. The Morgan fingerprint density at radius 3 is 2.89 bits per heavy atom. The van der Waals surface area contributed by atoms with E-state index in [4.69, 9.17) is 5.73 Å². The molecule has 0 spiro atoms. The van der Waals surface area contributed by atoms with E-state index in [0.717, 1.165) is 12.8 Å². The molecule has 0 bridgehead atoms. The van der Waals surface area contributed by atoms with Crippen molar-refractivity contribution in [2.75, 3.05) is 5.73 Å². The molecule has 1 aromatic carbocycles. The van der Waals surface area contributed by atoms with E-state index in [1.807, 2.05) is 6.92 Å². The number of aromatic nitrogens is 4. The Balaban J connectivity index is 2.42. The Kier molecular flexibility index (Phi) is 3.55. The summed E-state index contributed by atoms with van der Waals surface area (Å²) in [5.74, 6) is 0.0307. The molecule has 1 atom stereocenters. The van der Waals surface area contributed by atoms with Crippen molar-refractivity contribution >= 4 is 5.69 Å². The normalized spacial score (nSPS) is 12.6. The average molecular weight is 249 g/mol. The van der Waals surface area contributed by atoms with E-state index in [0.29, 0.717) is 17.1 Å². The van der Waals surface area contributed by atoms with Gasteiger partial charge in [0, 0.05) is 5.69 Å². The van der Waals surface area contributed by atoms with Gasteiger partial charge in [-0.15, -0.1) is 5.10 Å². The van der Waals surface area contributed by atoms with Gasteiger partial charge in [0.05, 0.1) is 11.6 Å². The van der Waals surface area contributed by atoms with Gasteiger partial charge in [0.25, 0.3) is 0 Å². The molecule has 18 heavy (non-hydrogen) atoms. The fourth-order valence-corrected chi connectivity index (χ4v) is 1.92. The highest BCUT2D eigenvalue weighted by atomic mass is 19.1. The van der Waals surface area contributed by atoms with Crippen LogP contribution in [0.25, 0.3) is 11.4 Å². The quantitative estimate of drug-likeness (QED) is 0.845. The van der Waals surface area contributed by atoms with Crippen LogP contribution in [-0.4, -0.2) is 20.2 Å². The lowest BCUT2D eigenvalue weighted by molar-refractivity contribution is 0.446. The summed E-state index contributed by atoms with van der Waals surface area (Å²) in [5.41, 5.74) is 6.29. The summed E-state index contributed by atoms with van der Waals surface area (Å²) in [4.78, 5) is 0. The van der Waals surface area contributed by atoms with Crippen molar-refractivity contribution in [1.82, 2.24) is 20.2 Å². The summed E-state index contributed by atoms with van der Waals surface area (Å²) in [7, 11) is 0. The third-order valence-corrected chi connectivity index (χ3v) is 2.85. The second kappa shape index (κ2) is 5.12. The zero-order valence-electron chi connectivity index (χ0n) is 10.5. The third kappa shape index (κ3) is 2.32. The maximum absolute atomic E-state index is 13.9. The maximum Gasteiger partial charge on any atom is 0.185 e. The number of hydrogen-bond donors (Lipinski definition) is 1. The van der Waals surface area contributed by atoms with Crippen molar-refractivity contribution in [1.29, 1.82) is 0 Å². The van der Waals surface area contributed by atoms with Gasteiger partial charge < -0.3 is 5.73 Å². The minimum absolute atomic E-state index is 0.136. The number of nitrogens with two attached hydrogens (primary N) is 1. The van der Waals surface area contributed by atoms with Crippen molar-refractivity contribution in [3.05, 3.63) is 24.0 Å². The summed E-state index contributed by atoms with van der Waals surface area (Å²) in [6.07, 6.45) is 1.96. The molecule has 1 aromatic heterocycles. The molecule has 2 N–H and O–H groups in total. The van der Waals surface area contributed by atoms with E-state index in [2.05, 4.69) is 22.4 Å². The summed E-state index contributed by atoms with van der Waals surface area (Å²) < 4.78 is 15.5. The molecule has 0 amide bonds. The molecule has 96 valence electrons. The molecule has 0 saturated carbocycles. The number of benzene rings is 1. The first kappa shape index (κ1) is 12.5. The molecule has 5 nitrogen and oxygen atoms in total. The smallest absolute Gasteiger partial charge is 0.185 e. The Morgan fingerprint density at radius 2 is 2.22 bits per heavy atom. The molecular weight excluding hydrogens is 233 g/mol. The van der Waals surface area contributed by atoms with Crippen LogP contribution in [0.1, 0.15) is 32.7 Å². The van der Waals surface area contributed by atoms with Gasteiger partial charge in [-0.2, -0.15) is 0 Å². The molecule has 1 heterocycles. The number of nitrogen functional groups attached to an aromatic ring is 1. The second-order valence-electron chi connectivity index (χ2n) is 4.32. The summed E-state index contributed by atoms with van der Waals surface area (Å²) in [5, 5.41) is 11.5. The van der Waals surface area contributed by atoms with Crippen LogP contribution < -0.4 is 5.73 Å². The zero-order chi connectivity index (χ0) is 13.1. The van der Waals surface area contributed by atoms with E-state index in [-0.39, 0.29) is 6.04 Å². The molecule has 0 aliphatic rings. The molecule has 6 heteroatoms. The monoisotopic (exact) mass is 249 g/mol. The predicted molar refractivity (Wildman–Crippen MR) is 67.2 cm³/mol. The van der Waals surface area contributed by atoms with Gasteiger partial charge in [-0.25, -0.2) is 9.07 Å². The van der Waals surface area contributed by atoms with E-state index in [1.54, 1.807) is 16.8 Å². The molecule has 1 unspecified atom stereocenters. The Morgan fingerprint density at radius 1 is 1.44 bits per heavy atom. The number of anilines is 1. The van der Waals surface area contributed by atoms with Crippen molar-refractivity contribution in [3.63, 3.8) is 0 Å². The lowest BCUT2D eigenvalue weighted by Gasteiger charge is -2.12. The lowest BCUT2D eigenvalue weighted by atomic mass is 10.1. The van der Waals surface area contributed by atoms with Crippen LogP contribution in [-0.2, 0) is 0 Å². The van der Waals surface area contributed by atoms with E-state index < -0.39 is 5.82 Å². The molecule has 0 saturated heterocycles. The Labute approximate surface area is 105 Å². The van der Waals surface area contributed by atoms with Gasteiger partial charge in [0.2, 0.25) is 0 Å². The van der Waals surface area contributed by atoms with Crippen LogP contribution in [0.5, 0.6) is 0 Å². The minimum atomic E-state index is -0.408. The van der Waals surface area contributed by atoms with Gasteiger partial charge in [-0.05, 0) is 42.0 Å². The number of halogens is 1. The van der Waals surface area contributed by atoms with Crippen LogP contribution in [0.2, 0.25) is 0 Å². The zero-order valence-corrected chi connectivity index (χ0v) is 10.5. The molecule has 2 rings (SSSR count). The van der Waals surface area contributed by atoms with Crippen LogP contribution in [0.15, 0.2) is 18.2 Å².